The van der Waals surface area contributed by atoms with E-state index >= 15 is 0 Å². The summed E-state index contributed by atoms with van der Waals surface area (Å²) in [5, 5.41) is 27.5. The Balaban J connectivity index is 1.96. The molecule has 38 heavy (non-hydrogen) atoms. The summed E-state index contributed by atoms with van der Waals surface area (Å²) in [7, 11) is 0. The van der Waals surface area contributed by atoms with Crippen LogP contribution in [0.2, 0.25) is 0 Å². The topological polar surface area (TPSA) is 98.8 Å². The van der Waals surface area contributed by atoms with Gasteiger partial charge in [-0.05, 0) is 43.2 Å². The van der Waals surface area contributed by atoms with Crippen molar-refractivity contribution in [2.45, 2.75) is 31.5 Å². The molecule has 0 spiro atoms. The number of halogens is 8. The molecule has 1 aliphatic carbocycles. The van der Waals surface area contributed by atoms with Gasteiger partial charge in [0.25, 0.3) is 6.43 Å². The fraction of sp³-hybridized carbons (Fsp3) is 0.304. The minimum atomic E-state index is -4.66. The second-order valence-electron chi connectivity index (χ2n) is 8.44. The van der Waals surface area contributed by atoms with Crippen LogP contribution in [-0.4, -0.2) is 44.0 Å². The van der Waals surface area contributed by atoms with Crippen LogP contribution in [0.15, 0.2) is 35.1 Å². The largest absolute Gasteiger partial charge is 0.405 e. The molecule has 2 aromatic carbocycles. The van der Waals surface area contributed by atoms with Crippen LogP contribution in [0, 0.1) is 34.7 Å². The molecule has 3 N–H and O–H groups in total. The van der Waals surface area contributed by atoms with Gasteiger partial charge in [0.15, 0.2) is 17.5 Å². The second-order valence-corrected chi connectivity index (χ2v) is 8.44. The zero-order valence-corrected chi connectivity index (χ0v) is 18.7. The third-order valence-corrected chi connectivity index (χ3v) is 5.74. The maximum absolute atomic E-state index is 14.9. The lowest BCUT2D eigenvalue weighted by molar-refractivity contribution is -0.374. The lowest BCUT2D eigenvalue weighted by Crippen LogP contribution is -2.43. The summed E-state index contributed by atoms with van der Waals surface area (Å²) in [6.45, 7) is -1.41. The Kier molecular flexibility index (Phi) is 6.63. The third-order valence-electron chi connectivity index (χ3n) is 5.74. The lowest BCUT2D eigenvalue weighted by atomic mass is 10.1. The highest BCUT2D eigenvalue weighted by Gasteiger charge is 2.62. The van der Waals surface area contributed by atoms with Gasteiger partial charge in [0, 0.05) is 11.3 Å². The van der Waals surface area contributed by atoms with Crippen molar-refractivity contribution in [1.29, 1.82) is 0 Å². The van der Waals surface area contributed by atoms with Gasteiger partial charge in [-0.15, -0.1) is 0 Å². The molecule has 15 heteroatoms. The molecule has 4 rings (SSSR count). The smallest absolute Gasteiger partial charge is 0.325 e. The van der Waals surface area contributed by atoms with Crippen molar-refractivity contribution in [2.75, 3.05) is 11.4 Å². The first kappa shape index (κ1) is 27.3. The van der Waals surface area contributed by atoms with Gasteiger partial charge < -0.3 is 20.2 Å². The Hall–Kier alpha value is -3.74. The van der Waals surface area contributed by atoms with E-state index in [0.29, 0.717) is 29.2 Å². The average Bonchev–Trinajstić information content (AvgIpc) is 3.58. The number of benzene rings is 2. The summed E-state index contributed by atoms with van der Waals surface area (Å²) in [4.78, 5) is 16.2. The van der Waals surface area contributed by atoms with Crippen molar-refractivity contribution >= 4 is 22.4 Å². The van der Waals surface area contributed by atoms with Crippen molar-refractivity contribution in [1.82, 2.24) is 9.55 Å². The Morgan fingerprint density at radius 1 is 1.08 bits per heavy atom. The summed E-state index contributed by atoms with van der Waals surface area (Å²) in [5.41, 5.74) is -5.88. The van der Waals surface area contributed by atoms with Crippen LogP contribution in [0.1, 0.15) is 18.4 Å². The number of aliphatic hydroxyl groups is 3. The second kappa shape index (κ2) is 9.22. The van der Waals surface area contributed by atoms with E-state index in [1.54, 1.807) is 0 Å². The van der Waals surface area contributed by atoms with E-state index in [2.05, 4.69) is 10.9 Å². The van der Waals surface area contributed by atoms with E-state index in [4.69, 9.17) is 0 Å². The molecular weight excluding hydrogens is 534 g/mol. The molecule has 0 amide bonds. The SMILES string of the molecule is O=c1nc(N(CC(F)F)c2cc(F)cc(C#CC3(C(F)(F)F)CC3)c2)c2c(F)c(F)ccc2n1C(O)(O)O. The molecule has 1 aliphatic rings. The van der Waals surface area contributed by atoms with Gasteiger partial charge in [-0.25, -0.2) is 31.3 Å². The molecule has 3 aromatic rings. The monoisotopic (exact) mass is 549 g/mol. The first-order valence-corrected chi connectivity index (χ1v) is 10.6. The Morgan fingerprint density at radius 2 is 1.74 bits per heavy atom. The predicted octanol–water partition coefficient (Wildman–Crippen LogP) is 3.46. The van der Waals surface area contributed by atoms with E-state index in [1.807, 2.05) is 5.92 Å². The van der Waals surface area contributed by atoms with E-state index in [0.717, 1.165) is 6.07 Å². The molecule has 0 unspecified atom stereocenters. The molecular formula is C23H15F8N3O4. The zero-order chi connectivity index (χ0) is 28.2. The molecule has 0 atom stereocenters. The first-order valence-electron chi connectivity index (χ1n) is 10.6. The number of hydrogen-bond donors (Lipinski definition) is 3. The van der Waals surface area contributed by atoms with E-state index in [-0.39, 0.29) is 23.0 Å². The van der Waals surface area contributed by atoms with Gasteiger partial charge in [0.05, 0.1) is 17.4 Å². The normalized spacial score (nSPS) is 14.9. The average molecular weight is 549 g/mol. The Morgan fingerprint density at radius 3 is 2.29 bits per heavy atom. The third kappa shape index (κ3) is 5.02. The number of anilines is 2. The minimum absolute atomic E-state index is 0.274. The number of rotatable bonds is 5. The van der Waals surface area contributed by atoms with Crippen molar-refractivity contribution in [3.05, 3.63) is 63.8 Å². The maximum Gasteiger partial charge on any atom is 0.405 e. The summed E-state index contributed by atoms with van der Waals surface area (Å²) in [5.74, 6) is -1.44. The van der Waals surface area contributed by atoms with Crippen LogP contribution in [0.4, 0.5) is 46.6 Å². The van der Waals surface area contributed by atoms with Gasteiger partial charge in [0.1, 0.15) is 11.2 Å². The molecule has 0 bridgehead atoms. The highest BCUT2D eigenvalue weighted by Crippen LogP contribution is 2.57. The van der Waals surface area contributed by atoms with Crippen molar-refractivity contribution < 1.29 is 50.4 Å². The molecule has 0 radical (unpaired) electrons. The van der Waals surface area contributed by atoms with Crippen molar-refractivity contribution in [3.63, 3.8) is 0 Å². The van der Waals surface area contributed by atoms with Gasteiger partial charge in [0.2, 0.25) is 0 Å². The van der Waals surface area contributed by atoms with Crippen LogP contribution < -0.4 is 10.6 Å². The number of alkyl halides is 5. The maximum atomic E-state index is 14.9. The molecule has 1 heterocycles. The van der Waals surface area contributed by atoms with E-state index in [1.165, 1.54) is 0 Å². The van der Waals surface area contributed by atoms with Crippen LogP contribution >= 0.6 is 0 Å². The molecule has 0 aliphatic heterocycles. The fourth-order valence-electron chi connectivity index (χ4n) is 3.77. The quantitative estimate of drug-likeness (QED) is 0.256. The Bertz CT molecular complexity index is 1530. The zero-order valence-electron chi connectivity index (χ0n) is 18.7. The Labute approximate surface area is 207 Å². The van der Waals surface area contributed by atoms with Crippen molar-refractivity contribution in [3.8, 4) is 11.8 Å². The number of fused-ring (bicyclic) bond motifs is 1. The highest BCUT2D eigenvalue weighted by atomic mass is 19.4. The predicted molar refractivity (Wildman–Crippen MR) is 115 cm³/mol. The summed E-state index contributed by atoms with van der Waals surface area (Å²) in [6, 6.07) is 3.24. The highest BCUT2D eigenvalue weighted by molar-refractivity contribution is 5.92. The summed E-state index contributed by atoms with van der Waals surface area (Å²) < 4.78 is 110. The fourth-order valence-corrected chi connectivity index (χ4v) is 3.77. The van der Waals surface area contributed by atoms with Crippen molar-refractivity contribution in [2.24, 2.45) is 5.41 Å². The van der Waals surface area contributed by atoms with Gasteiger partial charge in [-0.1, -0.05) is 11.8 Å². The first-order chi connectivity index (χ1) is 17.5. The molecule has 0 saturated heterocycles. The van der Waals surface area contributed by atoms with E-state index in [9.17, 15) is 55.2 Å². The molecule has 1 saturated carbocycles. The van der Waals surface area contributed by atoms with Gasteiger partial charge in [-0.2, -0.15) is 18.2 Å². The lowest BCUT2D eigenvalue weighted by Gasteiger charge is -2.27. The molecule has 1 aromatic heterocycles. The molecule has 7 nitrogen and oxygen atoms in total. The van der Waals surface area contributed by atoms with Crippen LogP contribution in [0.5, 0.6) is 0 Å². The number of nitrogens with zero attached hydrogens (tertiary/aromatic N) is 3. The molecule has 1 fully saturated rings. The van der Waals surface area contributed by atoms with E-state index < -0.39 is 76.2 Å². The van der Waals surface area contributed by atoms with Crippen LogP contribution in [0.3, 0.4) is 0 Å². The minimum Gasteiger partial charge on any atom is -0.325 e. The van der Waals surface area contributed by atoms with Crippen LogP contribution in [0.25, 0.3) is 10.9 Å². The van der Waals surface area contributed by atoms with Gasteiger partial charge >= 0.3 is 18.0 Å². The summed E-state index contributed by atoms with van der Waals surface area (Å²) >= 11 is 0. The molecule has 202 valence electrons. The van der Waals surface area contributed by atoms with Gasteiger partial charge in [-0.3, -0.25) is 0 Å². The summed E-state index contributed by atoms with van der Waals surface area (Å²) in [6.07, 6.45) is -12.5. The van der Waals surface area contributed by atoms with Crippen LogP contribution in [-0.2, 0) is 6.10 Å². The number of aromatic nitrogens is 2. The standard InChI is InChI=1S/C23H15F8N3O4/c24-12-7-11(3-4-21(5-6-21)22(29,30)31)8-13(9-12)33(10-16(26)27)19-17-15(2-1-14(25)18(17)28)34(20(35)32-19)23(36,37)38/h1-2,7-9,16,36-38H,5-6,10H2. The number of hydrogen-bond acceptors (Lipinski definition) is 6.